The molecule has 0 spiro atoms. The summed E-state index contributed by atoms with van der Waals surface area (Å²) in [5.74, 6) is -3.00. The Balaban J connectivity index is 1.88. The van der Waals surface area contributed by atoms with Gasteiger partial charge in [0, 0.05) is 18.0 Å². The molecule has 0 aliphatic carbocycles. The highest BCUT2D eigenvalue weighted by atomic mass is 35.5. The van der Waals surface area contributed by atoms with Gasteiger partial charge in [0.15, 0.2) is 15.5 Å². The monoisotopic (exact) mass is 464 g/mol. The Bertz CT molecular complexity index is 1190. The molecule has 2 aromatic carbocycles. The molecule has 10 heteroatoms. The first-order valence-electron chi connectivity index (χ1n) is 9.03. The predicted molar refractivity (Wildman–Crippen MR) is 112 cm³/mol. The second-order valence-corrected chi connectivity index (χ2v) is 8.96. The van der Waals surface area contributed by atoms with Crippen LogP contribution in [0.15, 0.2) is 54.9 Å². The second-order valence-electron chi connectivity index (χ2n) is 6.49. The number of ether oxygens (including phenoxy) is 2. The minimum Gasteiger partial charge on any atom is -0.487 e. The van der Waals surface area contributed by atoms with Crippen LogP contribution in [-0.2, 0) is 32.7 Å². The Morgan fingerprint density at radius 3 is 2.48 bits per heavy atom. The summed E-state index contributed by atoms with van der Waals surface area (Å²) in [6, 6.07) is 11.5. The molecule has 162 valence electrons. The van der Waals surface area contributed by atoms with Gasteiger partial charge in [0.1, 0.15) is 18.2 Å². The van der Waals surface area contributed by atoms with Crippen molar-refractivity contribution < 1.29 is 27.1 Å². The highest BCUT2D eigenvalue weighted by molar-refractivity contribution is 7.89. The maximum Gasteiger partial charge on any atom is 0.358 e. The van der Waals surface area contributed by atoms with Gasteiger partial charge in [-0.25, -0.2) is 22.6 Å². The number of aromatic nitrogens is 2. The van der Waals surface area contributed by atoms with E-state index in [2.05, 4.69) is 14.7 Å². The molecule has 0 saturated heterocycles. The molecule has 0 saturated carbocycles. The predicted octanol–water partition coefficient (Wildman–Crippen LogP) is 3.75. The van der Waals surface area contributed by atoms with E-state index in [4.69, 9.17) is 16.3 Å². The van der Waals surface area contributed by atoms with Crippen molar-refractivity contribution >= 4 is 27.4 Å². The van der Waals surface area contributed by atoms with E-state index >= 15 is 0 Å². The van der Waals surface area contributed by atoms with E-state index in [1.54, 1.807) is 0 Å². The van der Waals surface area contributed by atoms with Crippen molar-refractivity contribution in [1.29, 1.82) is 0 Å². The zero-order chi connectivity index (χ0) is 22.4. The lowest BCUT2D eigenvalue weighted by Gasteiger charge is -2.15. The zero-order valence-electron chi connectivity index (χ0n) is 16.4. The Morgan fingerprint density at radius 2 is 1.77 bits per heavy atom. The van der Waals surface area contributed by atoms with Crippen LogP contribution in [0.25, 0.3) is 0 Å². The van der Waals surface area contributed by atoms with E-state index in [0.717, 1.165) is 18.7 Å². The maximum atomic E-state index is 14.6. The number of hydrogen-bond acceptors (Lipinski definition) is 7. The lowest BCUT2D eigenvalue weighted by Crippen LogP contribution is -2.16. The average molecular weight is 465 g/mol. The Labute approximate surface area is 183 Å². The topological polar surface area (TPSA) is 95.5 Å². The molecule has 0 aliphatic rings. The third kappa shape index (κ3) is 5.77. The molecule has 0 fully saturated rings. The van der Waals surface area contributed by atoms with Crippen molar-refractivity contribution in [3.8, 4) is 5.75 Å². The quantitative estimate of drug-likeness (QED) is 0.468. The number of esters is 1. The minimum absolute atomic E-state index is 0.0542. The molecule has 0 radical (unpaired) electrons. The van der Waals surface area contributed by atoms with Crippen molar-refractivity contribution in [2.75, 3.05) is 7.11 Å². The summed E-state index contributed by atoms with van der Waals surface area (Å²) in [7, 11) is -2.84. The fourth-order valence-electron chi connectivity index (χ4n) is 2.81. The third-order valence-corrected chi connectivity index (χ3v) is 5.99. The van der Waals surface area contributed by atoms with E-state index in [9.17, 15) is 17.6 Å². The number of carbonyl (C=O) groups is 1. The van der Waals surface area contributed by atoms with Crippen molar-refractivity contribution in [1.82, 2.24) is 9.97 Å². The van der Waals surface area contributed by atoms with Crippen molar-refractivity contribution in [3.63, 3.8) is 0 Å². The third-order valence-electron chi connectivity index (χ3n) is 4.25. The molecule has 0 bridgehead atoms. The lowest BCUT2D eigenvalue weighted by molar-refractivity contribution is 0.0592. The fourth-order valence-corrected chi connectivity index (χ4v) is 4.48. The van der Waals surface area contributed by atoms with Crippen LogP contribution in [0.1, 0.15) is 27.3 Å². The van der Waals surface area contributed by atoms with Gasteiger partial charge in [-0.1, -0.05) is 41.9 Å². The number of halogens is 2. The van der Waals surface area contributed by atoms with E-state index in [-0.39, 0.29) is 34.3 Å². The normalized spacial score (nSPS) is 11.2. The SMILES string of the molecule is COC(=O)c1nccnc1CS(=O)(=O)Cc1c(F)ccc(Cl)c1OCc1ccccc1. The number of carbonyl (C=O) groups excluding carboxylic acids is 1. The van der Waals surface area contributed by atoms with Crippen LogP contribution in [-0.4, -0.2) is 31.5 Å². The van der Waals surface area contributed by atoms with Crippen LogP contribution < -0.4 is 4.74 Å². The summed E-state index contributed by atoms with van der Waals surface area (Å²) < 4.78 is 50.5. The second kappa shape index (κ2) is 9.84. The summed E-state index contributed by atoms with van der Waals surface area (Å²) >= 11 is 6.17. The highest BCUT2D eigenvalue weighted by Gasteiger charge is 2.25. The summed E-state index contributed by atoms with van der Waals surface area (Å²) in [5, 5.41) is 0.0808. The van der Waals surface area contributed by atoms with Gasteiger partial charge >= 0.3 is 5.97 Å². The Kier molecular flexibility index (Phi) is 7.19. The van der Waals surface area contributed by atoms with Crippen LogP contribution in [0.5, 0.6) is 5.75 Å². The first kappa shape index (κ1) is 22.6. The lowest BCUT2D eigenvalue weighted by atomic mass is 10.2. The minimum atomic E-state index is -3.99. The molecule has 0 N–H and O–H groups in total. The summed E-state index contributed by atoms with van der Waals surface area (Å²) in [6.45, 7) is 0.0771. The first-order valence-corrected chi connectivity index (χ1v) is 11.2. The molecule has 1 aromatic heterocycles. The van der Waals surface area contributed by atoms with Crippen LogP contribution in [0.2, 0.25) is 5.02 Å². The average Bonchev–Trinajstić information content (AvgIpc) is 2.76. The van der Waals surface area contributed by atoms with E-state index in [0.29, 0.717) is 0 Å². The molecular formula is C21H18ClFN2O5S. The number of nitrogens with zero attached hydrogens (tertiary/aromatic N) is 2. The Hall–Kier alpha value is -3.04. The number of sulfone groups is 1. The highest BCUT2D eigenvalue weighted by Crippen LogP contribution is 2.33. The first-order chi connectivity index (χ1) is 14.8. The number of hydrogen-bond donors (Lipinski definition) is 0. The van der Waals surface area contributed by atoms with Crippen molar-refractivity contribution in [2.24, 2.45) is 0 Å². The van der Waals surface area contributed by atoms with Gasteiger partial charge in [0.25, 0.3) is 0 Å². The molecular weight excluding hydrogens is 447 g/mol. The van der Waals surface area contributed by atoms with Crippen LogP contribution in [0, 0.1) is 5.82 Å². The van der Waals surface area contributed by atoms with Crippen molar-refractivity contribution in [3.05, 3.63) is 88.2 Å². The van der Waals surface area contributed by atoms with Crippen LogP contribution >= 0.6 is 11.6 Å². The molecule has 0 unspecified atom stereocenters. The largest absolute Gasteiger partial charge is 0.487 e. The van der Waals surface area contributed by atoms with Gasteiger partial charge in [-0.15, -0.1) is 0 Å². The molecule has 3 aromatic rings. The molecule has 31 heavy (non-hydrogen) atoms. The van der Waals surface area contributed by atoms with Gasteiger partial charge in [-0.05, 0) is 17.7 Å². The molecule has 1 heterocycles. The molecule has 0 atom stereocenters. The van der Waals surface area contributed by atoms with E-state index in [1.165, 1.54) is 18.5 Å². The Morgan fingerprint density at radius 1 is 1.06 bits per heavy atom. The zero-order valence-corrected chi connectivity index (χ0v) is 18.0. The van der Waals surface area contributed by atoms with Crippen LogP contribution in [0.3, 0.4) is 0 Å². The van der Waals surface area contributed by atoms with Crippen molar-refractivity contribution in [2.45, 2.75) is 18.1 Å². The van der Waals surface area contributed by atoms with Gasteiger partial charge in [0.05, 0.1) is 29.3 Å². The van der Waals surface area contributed by atoms with Gasteiger partial charge in [-0.3, -0.25) is 4.98 Å². The maximum absolute atomic E-state index is 14.6. The van der Waals surface area contributed by atoms with E-state index in [1.807, 2.05) is 30.3 Å². The molecule has 0 amide bonds. The standard InChI is InChI=1S/C21H18ClFN2O5S/c1-29-21(26)19-18(24-9-10-25-19)13-31(27,28)12-15-17(23)8-7-16(22)20(15)30-11-14-5-3-2-4-6-14/h2-10H,11-13H2,1H3. The fraction of sp³-hybridized carbons (Fsp3) is 0.190. The van der Waals surface area contributed by atoms with Gasteiger partial charge < -0.3 is 9.47 Å². The van der Waals surface area contributed by atoms with E-state index < -0.39 is 33.1 Å². The molecule has 0 aliphatic heterocycles. The number of benzene rings is 2. The smallest absolute Gasteiger partial charge is 0.358 e. The van der Waals surface area contributed by atoms with Crippen LogP contribution in [0.4, 0.5) is 4.39 Å². The summed E-state index contributed by atoms with van der Waals surface area (Å²) in [4.78, 5) is 19.6. The molecule has 7 nitrogen and oxygen atoms in total. The number of rotatable bonds is 8. The molecule has 3 rings (SSSR count). The summed E-state index contributed by atoms with van der Waals surface area (Å²) in [6.07, 6.45) is 2.50. The summed E-state index contributed by atoms with van der Waals surface area (Å²) in [5.41, 5.74) is 0.287. The number of methoxy groups -OCH3 is 1. The van der Waals surface area contributed by atoms with Gasteiger partial charge in [-0.2, -0.15) is 0 Å². The van der Waals surface area contributed by atoms with Gasteiger partial charge in [0.2, 0.25) is 0 Å².